The van der Waals surface area contributed by atoms with Gasteiger partial charge in [0.05, 0.1) is 12.7 Å². The lowest BCUT2D eigenvalue weighted by molar-refractivity contribution is -0.219. The minimum atomic E-state index is -0.596. The van der Waals surface area contributed by atoms with Crippen molar-refractivity contribution < 1.29 is 18.9 Å². The zero-order valence-electron chi connectivity index (χ0n) is 13.0. The van der Waals surface area contributed by atoms with E-state index in [0.717, 1.165) is 18.4 Å². The highest BCUT2D eigenvalue weighted by molar-refractivity contribution is 5.13. The molecule has 0 aliphatic carbocycles. The quantitative estimate of drug-likeness (QED) is 0.835. The summed E-state index contributed by atoms with van der Waals surface area (Å²) in [6.07, 6.45) is 1.54. The minimum Gasteiger partial charge on any atom is -0.368 e. The highest BCUT2D eigenvalue weighted by atomic mass is 16.8. The molecule has 1 aromatic carbocycles. The van der Waals surface area contributed by atoms with Crippen molar-refractivity contribution in [2.24, 2.45) is 0 Å². The fraction of sp³-hybridized carbons (Fsp3) is 0.647. The molecule has 2 aliphatic heterocycles. The summed E-state index contributed by atoms with van der Waals surface area (Å²) in [4.78, 5) is 0. The molecule has 0 radical (unpaired) electrons. The molecule has 0 bridgehead atoms. The van der Waals surface area contributed by atoms with Crippen molar-refractivity contribution in [1.82, 2.24) is 0 Å². The maximum absolute atomic E-state index is 6.13. The first-order chi connectivity index (χ1) is 10.1. The minimum absolute atomic E-state index is 0.0461. The van der Waals surface area contributed by atoms with E-state index in [-0.39, 0.29) is 24.6 Å². The van der Waals surface area contributed by atoms with E-state index in [1.54, 1.807) is 0 Å². The Labute approximate surface area is 126 Å². The topological polar surface area (TPSA) is 36.9 Å². The highest BCUT2D eigenvalue weighted by Gasteiger charge is 2.54. The second-order valence-corrected chi connectivity index (χ2v) is 6.19. The Morgan fingerprint density at radius 3 is 2.62 bits per heavy atom. The van der Waals surface area contributed by atoms with Gasteiger partial charge < -0.3 is 18.9 Å². The van der Waals surface area contributed by atoms with Crippen LogP contribution in [0.3, 0.4) is 0 Å². The number of fused-ring (bicyclic) bond motifs is 1. The third kappa shape index (κ3) is 3.29. The van der Waals surface area contributed by atoms with E-state index in [2.05, 4.69) is 19.1 Å². The summed E-state index contributed by atoms with van der Waals surface area (Å²) in [6.45, 7) is 6.55. The van der Waals surface area contributed by atoms with Gasteiger partial charge in [-0.15, -0.1) is 0 Å². The average Bonchev–Trinajstić information content (AvgIpc) is 2.90. The molecule has 2 heterocycles. The van der Waals surface area contributed by atoms with Gasteiger partial charge in [0.2, 0.25) is 0 Å². The molecular weight excluding hydrogens is 268 g/mol. The molecule has 0 amide bonds. The summed E-state index contributed by atoms with van der Waals surface area (Å²) in [5.74, 6) is -0.596. The van der Waals surface area contributed by atoms with Crippen LogP contribution in [-0.4, -0.2) is 30.4 Å². The van der Waals surface area contributed by atoms with Crippen molar-refractivity contribution in [3.05, 3.63) is 35.9 Å². The fourth-order valence-corrected chi connectivity index (χ4v) is 3.03. The normalized spacial score (nSPS) is 34.0. The molecule has 0 saturated carbocycles. The molecule has 0 unspecified atom stereocenters. The summed E-state index contributed by atoms with van der Waals surface area (Å²) in [6, 6.07) is 10.2. The van der Waals surface area contributed by atoms with E-state index in [0.29, 0.717) is 6.61 Å². The van der Waals surface area contributed by atoms with E-state index < -0.39 is 5.79 Å². The van der Waals surface area contributed by atoms with Crippen molar-refractivity contribution >= 4 is 0 Å². The van der Waals surface area contributed by atoms with Gasteiger partial charge in [0, 0.05) is 0 Å². The molecule has 116 valence electrons. The third-order valence-corrected chi connectivity index (χ3v) is 3.95. The van der Waals surface area contributed by atoms with Crippen LogP contribution in [0.5, 0.6) is 0 Å². The Kier molecular flexibility index (Phi) is 4.31. The largest absolute Gasteiger partial charge is 0.368 e. The molecule has 4 heteroatoms. The van der Waals surface area contributed by atoms with Crippen molar-refractivity contribution in [2.75, 3.05) is 0 Å². The molecule has 0 spiro atoms. The van der Waals surface area contributed by atoms with Gasteiger partial charge in [0.25, 0.3) is 0 Å². The van der Waals surface area contributed by atoms with Crippen molar-refractivity contribution in [3.63, 3.8) is 0 Å². The number of hydrogen-bond acceptors (Lipinski definition) is 4. The SMILES string of the molecule is CCC[C@H]1O[C@@H]2OC(C)(C)O[C@@H]2[C@H]1OCc1ccccc1. The van der Waals surface area contributed by atoms with Crippen LogP contribution in [0.2, 0.25) is 0 Å². The summed E-state index contributed by atoms with van der Waals surface area (Å²) < 4.78 is 23.9. The predicted molar refractivity (Wildman–Crippen MR) is 78.6 cm³/mol. The molecule has 2 aliphatic rings. The molecular formula is C17H24O4. The van der Waals surface area contributed by atoms with Crippen LogP contribution in [0, 0.1) is 0 Å². The Morgan fingerprint density at radius 1 is 1.14 bits per heavy atom. The second-order valence-electron chi connectivity index (χ2n) is 6.19. The first-order valence-electron chi connectivity index (χ1n) is 7.76. The molecule has 21 heavy (non-hydrogen) atoms. The lowest BCUT2D eigenvalue weighted by atomic mass is 10.1. The summed E-state index contributed by atoms with van der Waals surface area (Å²) in [7, 11) is 0. The Bertz CT molecular complexity index is 459. The average molecular weight is 292 g/mol. The van der Waals surface area contributed by atoms with E-state index >= 15 is 0 Å². The van der Waals surface area contributed by atoms with Gasteiger partial charge in [-0.3, -0.25) is 0 Å². The van der Waals surface area contributed by atoms with Crippen LogP contribution in [0.1, 0.15) is 39.2 Å². The van der Waals surface area contributed by atoms with Crippen molar-refractivity contribution in [1.29, 1.82) is 0 Å². The molecule has 2 saturated heterocycles. The van der Waals surface area contributed by atoms with Crippen LogP contribution < -0.4 is 0 Å². The lowest BCUT2D eigenvalue weighted by Crippen LogP contribution is -2.36. The first kappa shape index (κ1) is 15.0. The number of ether oxygens (including phenoxy) is 4. The van der Waals surface area contributed by atoms with E-state index in [4.69, 9.17) is 18.9 Å². The molecule has 1 aromatic rings. The van der Waals surface area contributed by atoms with Crippen molar-refractivity contribution in [2.45, 2.75) is 70.6 Å². The van der Waals surface area contributed by atoms with E-state index in [9.17, 15) is 0 Å². The van der Waals surface area contributed by atoms with Gasteiger partial charge in [-0.2, -0.15) is 0 Å². The van der Waals surface area contributed by atoms with Crippen LogP contribution in [0.15, 0.2) is 30.3 Å². The first-order valence-corrected chi connectivity index (χ1v) is 7.76. The standard InChI is InChI=1S/C17H24O4/c1-4-8-13-14(18-11-12-9-6-5-7-10-12)15-16(19-13)21-17(2,3)20-15/h5-7,9-10,13-16H,4,8,11H2,1-3H3/t13-,14+,15-,16-/m1/s1. The molecule has 0 N–H and O–H groups in total. The van der Waals surface area contributed by atoms with E-state index in [1.807, 2.05) is 32.0 Å². The molecule has 4 atom stereocenters. The van der Waals surface area contributed by atoms with Crippen molar-refractivity contribution in [3.8, 4) is 0 Å². The van der Waals surface area contributed by atoms with Gasteiger partial charge in [-0.05, 0) is 25.8 Å². The zero-order valence-corrected chi connectivity index (χ0v) is 13.0. The second kappa shape index (κ2) is 6.05. The zero-order chi connectivity index (χ0) is 14.9. The number of rotatable bonds is 5. The summed E-state index contributed by atoms with van der Waals surface area (Å²) in [5.41, 5.74) is 1.16. The van der Waals surface area contributed by atoms with Crippen LogP contribution in [0.4, 0.5) is 0 Å². The Hall–Kier alpha value is -0.940. The Balaban J connectivity index is 1.67. The fourth-order valence-electron chi connectivity index (χ4n) is 3.03. The number of hydrogen-bond donors (Lipinski definition) is 0. The predicted octanol–water partition coefficient (Wildman–Crippen LogP) is 3.25. The monoisotopic (exact) mass is 292 g/mol. The smallest absolute Gasteiger partial charge is 0.190 e. The van der Waals surface area contributed by atoms with Gasteiger partial charge in [0.15, 0.2) is 12.1 Å². The highest BCUT2D eigenvalue weighted by Crippen LogP contribution is 2.40. The Morgan fingerprint density at radius 2 is 1.90 bits per heavy atom. The van der Waals surface area contributed by atoms with Gasteiger partial charge in [-0.25, -0.2) is 0 Å². The maximum Gasteiger partial charge on any atom is 0.190 e. The van der Waals surface area contributed by atoms with Crippen LogP contribution in [-0.2, 0) is 25.6 Å². The molecule has 3 rings (SSSR count). The summed E-state index contributed by atoms with van der Waals surface area (Å²) in [5, 5.41) is 0. The third-order valence-electron chi connectivity index (χ3n) is 3.95. The molecule has 4 nitrogen and oxygen atoms in total. The van der Waals surface area contributed by atoms with E-state index in [1.165, 1.54) is 0 Å². The lowest BCUT2D eigenvalue weighted by Gasteiger charge is -2.25. The maximum atomic E-state index is 6.13. The van der Waals surface area contributed by atoms with Gasteiger partial charge in [-0.1, -0.05) is 43.7 Å². The van der Waals surface area contributed by atoms with Gasteiger partial charge >= 0.3 is 0 Å². The van der Waals surface area contributed by atoms with Crippen LogP contribution >= 0.6 is 0 Å². The number of benzene rings is 1. The van der Waals surface area contributed by atoms with Gasteiger partial charge in [0.1, 0.15) is 12.2 Å². The summed E-state index contributed by atoms with van der Waals surface area (Å²) >= 11 is 0. The molecule has 2 fully saturated rings. The molecule has 0 aromatic heterocycles. The van der Waals surface area contributed by atoms with Crippen LogP contribution in [0.25, 0.3) is 0 Å².